The third-order valence-corrected chi connectivity index (χ3v) is 12.9. The van der Waals surface area contributed by atoms with E-state index in [-0.39, 0.29) is 5.41 Å². The van der Waals surface area contributed by atoms with Crippen molar-refractivity contribution in [2.75, 3.05) is 0 Å². The first kappa shape index (κ1) is 32.7. The average molecular weight is 733 g/mol. The van der Waals surface area contributed by atoms with Gasteiger partial charge in [-0.25, -0.2) is 9.97 Å². The lowest BCUT2D eigenvalue weighted by atomic mass is 9.78. The van der Waals surface area contributed by atoms with Gasteiger partial charge in [-0.05, 0) is 73.5 Å². The SMILES string of the molecule is CC1(C)c2ccccc2-c2cccc(-c3cccc(-c4ccc(-c5cc(-c6cccc7c6sc6ccccc67)nc(-c6ccccc6)n5)c5ccccc45)c3)c21. The molecule has 3 heteroatoms. The molecule has 0 saturated heterocycles. The molecule has 8 aromatic carbocycles. The molecule has 264 valence electrons. The van der Waals surface area contributed by atoms with E-state index in [1.165, 1.54) is 70.1 Å². The van der Waals surface area contributed by atoms with Gasteiger partial charge in [0.25, 0.3) is 0 Å². The summed E-state index contributed by atoms with van der Waals surface area (Å²) in [4.78, 5) is 10.5. The molecule has 1 aliphatic carbocycles. The molecular formula is C53H36N2S. The summed E-state index contributed by atoms with van der Waals surface area (Å²) in [6, 6.07) is 65.8. The van der Waals surface area contributed by atoms with Crippen molar-refractivity contribution in [3.05, 3.63) is 193 Å². The van der Waals surface area contributed by atoms with Gasteiger partial charge in [0.2, 0.25) is 0 Å². The van der Waals surface area contributed by atoms with Crippen molar-refractivity contribution in [1.29, 1.82) is 0 Å². The van der Waals surface area contributed by atoms with Gasteiger partial charge in [-0.15, -0.1) is 11.3 Å². The normalized spacial score (nSPS) is 13.0. The first-order valence-corrected chi connectivity index (χ1v) is 20.1. The van der Waals surface area contributed by atoms with Crippen LogP contribution in [0.2, 0.25) is 0 Å². The average Bonchev–Trinajstić information content (AvgIpc) is 3.75. The highest BCUT2D eigenvalue weighted by Crippen LogP contribution is 2.52. The molecule has 56 heavy (non-hydrogen) atoms. The molecule has 11 rings (SSSR count). The van der Waals surface area contributed by atoms with Crippen molar-refractivity contribution in [2.45, 2.75) is 19.3 Å². The van der Waals surface area contributed by atoms with E-state index >= 15 is 0 Å². The van der Waals surface area contributed by atoms with E-state index in [9.17, 15) is 0 Å². The molecule has 0 amide bonds. The van der Waals surface area contributed by atoms with E-state index in [1.54, 1.807) is 0 Å². The molecule has 0 aliphatic heterocycles. The summed E-state index contributed by atoms with van der Waals surface area (Å²) in [5.41, 5.74) is 15.3. The number of rotatable bonds is 5. The smallest absolute Gasteiger partial charge is 0.160 e. The van der Waals surface area contributed by atoms with Crippen LogP contribution in [0.5, 0.6) is 0 Å². The minimum atomic E-state index is -0.0929. The number of hydrogen-bond acceptors (Lipinski definition) is 3. The Bertz CT molecular complexity index is 3170. The van der Waals surface area contributed by atoms with E-state index in [4.69, 9.17) is 9.97 Å². The molecule has 0 radical (unpaired) electrons. The van der Waals surface area contributed by atoms with Crippen LogP contribution in [-0.4, -0.2) is 9.97 Å². The van der Waals surface area contributed by atoms with E-state index in [2.05, 4.69) is 190 Å². The number of hydrogen-bond donors (Lipinski definition) is 0. The van der Waals surface area contributed by atoms with Crippen LogP contribution in [0.15, 0.2) is 182 Å². The number of thiophene rings is 1. The highest BCUT2D eigenvalue weighted by Gasteiger charge is 2.37. The van der Waals surface area contributed by atoms with Crippen LogP contribution in [0, 0.1) is 0 Å². The summed E-state index contributed by atoms with van der Waals surface area (Å²) in [6.45, 7) is 4.73. The molecule has 0 fully saturated rings. The zero-order chi connectivity index (χ0) is 37.4. The van der Waals surface area contributed by atoms with E-state index in [0.29, 0.717) is 0 Å². The molecule has 0 N–H and O–H groups in total. The Morgan fingerprint density at radius 1 is 0.393 bits per heavy atom. The third kappa shape index (κ3) is 5.08. The lowest BCUT2D eigenvalue weighted by Crippen LogP contribution is -2.16. The molecule has 0 saturated carbocycles. The Kier molecular flexibility index (Phi) is 7.42. The molecule has 0 spiro atoms. The van der Waals surface area contributed by atoms with Crippen LogP contribution < -0.4 is 0 Å². The van der Waals surface area contributed by atoms with Gasteiger partial charge in [0.05, 0.1) is 11.4 Å². The van der Waals surface area contributed by atoms with Gasteiger partial charge in [0.15, 0.2) is 5.82 Å². The zero-order valence-electron chi connectivity index (χ0n) is 31.1. The van der Waals surface area contributed by atoms with Crippen LogP contribution in [0.25, 0.3) is 98.2 Å². The number of benzene rings is 8. The second kappa shape index (κ2) is 12.7. The molecule has 2 nitrogen and oxygen atoms in total. The summed E-state index contributed by atoms with van der Waals surface area (Å²) in [7, 11) is 0. The van der Waals surface area contributed by atoms with Gasteiger partial charge in [-0.3, -0.25) is 0 Å². The lowest BCUT2D eigenvalue weighted by molar-refractivity contribution is 0.662. The standard InChI is InChI=1S/C53H36N2S/c1-53(2)46-27-10-8-21-40(46)43-24-13-23-37(50(43)53)35-18-12-17-34(31-35)36-29-30-41(39-20-7-6-19-38(36)39)47-32-48(55-52(54-47)33-15-4-3-5-16-33)45-26-14-25-44-42-22-9-11-28-49(42)56-51(44)45/h3-32H,1-2H3. The lowest BCUT2D eigenvalue weighted by Gasteiger charge is -2.24. The fourth-order valence-corrected chi connectivity index (χ4v) is 10.3. The van der Waals surface area contributed by atoms with Gasteiger partial charge < -0.3 is 0 Å². The quantitative estimate of drug-likeness (QED) is 0.176. The summed E-state index contributed by atoms with van der Waals surface area (Å²) in [5, 5.41) is 4.90. The van der Waals surface area contributed by atoms with Crippen molar-refractivity contribution in [3.8, 4) is 67.3 Å². The minimum absolute atomic E-state index is 0.0929. The Morgan fingerprint density at radius 3 is 1.79 bits per heavy atom. The summed E-state index contributed by atoms with van der Waals surface area (Å²) >= 11 is 1.83. The highest BCUT2D eigenvalue weighted by molar-refractivity contribution is 7.26. The molecular weight excluding hydrogens is 697 g/mol. The van der Waals surface area contributed by atoms with Gasteiger partial charge in [-0.2, -0.15) is 0 Å². The topological polar surface area (TPSA) is 25.8 Å². The maximum absolute atomic E-state index is 5.28. The zero-order valence-corrected chi connectivity index (χ0v) is 31.9. The maximum atomic E-state index is 5.28. The fourth-order valence-electron chi connectivity index (χ4n) is 9.11. The Hall–Kier alpha value is -6.68. The van der Waals surface area contributed by atoms with Crippen LogP contribution in [0.1, 0.15) is 25.0 Å². The molecule has 2 aromatic heterocycles. The van der Waals surface area contributed by atoms with Crippen molar-refractivity contribution < 1.29 is 0 Å². The van der Waals surface area contributed by atoms with Crippen molar-refractivity contribution in [2.24, 2.45) is 0 Å². The monoisotopic (exact) mass is 732 g/mol. The van der Waals surface area contributed by atoms with E-state index in [1.807, 2.05) is 17.4 Å². The fraction of sp³-hybridized carbons (Fsp3) is 0.0566. The minimum Gasteiger partial charge on any atom is -0.228 e. The van der Waals surface area contributed by atoms with Gasteiger partial charge in [0.1, 0.15) is 0 Å². The van der Waals surface area contributed by atoms with Crippen LogP contribution >= 0.6 is 11.3 Å². The highest BCUT2D eigenvalue weighted by atomic mass is 32.1. The van der Waals surface area contributed by atoms with Gasteiger partial charge in [-0.1, -0.05) is 178 Å². The number of aromatic nitrogens is 2. The summed E-state index contributed by atoms with van der Waals surface area (Å²) < 4.78 is 2.53. The van der Waals surface area contributed by atoms with E-state index in [0.717, 1.165) is 39.3 Å². The van der Waals surface area contributed by atoms with Crippen LogP contribution in [0.4, 0.5) is 0 Å². The Balaban J connectivity index is 1.07. The van der Waals surface area contributed by atoms with E-state index < -0.39 is 0 Å². The Morgan fingerprint density at radius 2 is 0.946 bits per heavy atom. The molecule has 10 aromatic rings. The van der Waals surface area contributed by atoms with Gasteiger partial charge in [0, 0.05) is 42.3 Å². The molecule has 0 unspecified atom stereocenters. The van der Waals surface area contributed by atoms with Crippen molar-refractivity contribution in [3.63, 3.8) is 0 Å². The molecule has 0 bridgehead atoms. The van der Waals surface area contributed by atoms with Gasteiger partial charge >= 0.3 is 0 Å². The predicted molar refractivity (Wildman–Crippen MR) is 237 cm³/mol. The number of nitrogens with zero attached hydrogens (tertiary/aromatic N) is 2. The van der Waals surface area contributed by atoms with Crippen molar-refractivity contribution in [1.82, 2.24) is 9.97 Å². The number of fused-ring (bicyclic) bond motifs is 7. The molecule has 0 atom stereocenters. The second-order valence-electron chi connectivity index (χ2n) is 15.3. The Labute approximate surface area is 330 Å². The summed E-state index contributed by atoms with van der Waals surface area (Å²) in [5.74, 6) is 0.720. The third-order valence-electron chi connectivity index (χ3n) is 11.7. The summed E-state index contributed by atoms with van der Waals surface area (Å²) in [6.07, 6.45) is 0. The molecule has 1 aliphatic rings. The first-order valence-electron chi connectivity index (χ1n) is 19.2. The first-order chi connectivity index (χ1) is 27.5. The van der Waals surface area contributed by atoms with Crippen molar-refractivity contribution >= 4 is 42.3 Å². The largest absolute Gasteiger partial charge is 0.228 e. The van der Waals surface area contributed by atoms with Crippen LogP contribution in [-0.2, 0) is 5.41 Å². The maximum Gasteiger partial charge on any atom is 0.160 e. The van der Waals surface area contributed by atoms with Crippen LogP contribution in [0.3, 0.4) is 0 Å². The second-order valence-corrected chi connectivity index (χ2v) is 16.3. The predicted octanol–water partition coefficient (Wildman–Crippen LogP) is 14.6. The molecule has 2 heterocycles.